The molecule has 2 aromatic carbocycles. The van der Waals surface area contributed by atoms with E-state index >= 15 is 0 Å². The van der Waals surface area contributed by atoms with Gasteiger partial charge >= 0.3 is 0 Å². The van der Waals surface area contributed by atoms with E-state index in [4.69, 9.17) is 11.6 Å². The quantitative estimate of drug-likeness (QED) is 0.323. The molecule has 148 valence electrons. The predicted molar refractivity (Wildman–Crippen MR) is 121 cm³/mol. The summed E-state index contributed by atoms with van der Waals surface area (Å²) in [7, 11) is 0. The molecular weight excluding hydrogens is 405 g/mol. The van der Waals surface area contributed by atoms with Crippen LogP contribution in [0, 0.1) is 5.82 Å². The number of pyridine rings is 1. The summed E-state index contributed by atoms with van der Waals surface area (Å²) in [6.07, 6.45) is 2.81. The molecule has 3 nitrogen and oxygen atoms in total. The third kappa shape index (κ3) is 5.12. The van der Waals surface area contributed by atoms with Crippen molar-refractivity contribution in [2.45, 2.75) is 13.0 Å². The lowest BCUT2D eigenvalue weighted by molar-refractivity contribution is 0.628. The summed E-state index contributed by atoms with van der Waals surface area (Å²) in [5.74, 6) is -0.204. The number of anilines is 1. The summed E-state index contributed by atoms with van der Waals surface area (Å²) in [5, 5.41) is 8.75. The number of thiophene rings is 1. The van der Waals surface area contributed by atoms with Crippen LogP contribution in [0.2, 0.25) is 5.02 Å². The standard InChI is InChI=1S/C23H21ClFN3S/c24-17-4-8-20-21(10-13-28-22(20)14-17)27-12-1-11-26-15-19-7-9-23(29-19)16-2-5-18(25)6-3-16/h2-10,13-14,26H,1,11-12,15H2,(H,27,28). The number of nitrogens with zero attached hydrogens (tertiary/aromatic N) is 1. The maximum absolute atomic E-state index is 13.1. The summed E-state index contributed by atoms with van der Waals surface area (Å²) in [6, 6.07) is 18.6. The van der Waals surface area contributed by atoms with E-state index in [-0.39, 0.29) is 5.82 Å². The highest BCUT2D eigenvalue weighted by molar-refractivity contribution is 7.15. The smallest absolute Gasteiger partial charge is 0.123 e. The average molecular weight is 426 g/mol. The van der Waals surface area contributed by atoms with Crippen LogP contribution in [0.1, 0.15) is 11.3 Å². The molecule has 0 aliphatic heterocycles. The van der Waals surface area contributed by atoms with Gasteiger partial charge in [0, 0.05) is 45.1 Å². The minimum atomic E-state index is -0.204. The molecular formula is C23H21ClFN3S. The predicted octanol–water partition coefficient (Wildman–Crippen LogP) is 6.35. The minimum absolute atomic E-state index is 0.204. The Morgan fingerprint density at radius 3 is 2.69 bits per heavy atom. The number of rotatable bonds is 8. The number of halogens is 2. The highest BCUT2D eigenvalue weighted by Crippen LogP contribution is 2.28. The molecule has 0 saturated heterocycles. The monoisotopic (exact) mass is 425 g/mol. The molecule has 0 atom stereocenters. The molecule has 0 fully saturated rings. The first-order valence-corrected chi connectivity index (χ1v) is 10.7. The Bertz CT molecular complexity index is 1090. The van der Waals surface area contributed by atoms with Crippen LogP contribution < -0.4 is 10.6 Å². The van der Waals surface area contributed by atoms with Gasteiger partial charge in [0.1, 0.15) is 5.82 Å². The van der Waals surface area contributed by atoms with Crippen molar-refractivity contribution >= 4 is 39.5 Å². The second-order valence-electron chi connectivity index (χ2n) is 6.75. The van der Waals surface area contributed by atoms with Crippen LogP contribution in [-0.4, -0.2) is 18.1 Å². The van der Waals surface area contributed by atoms with E-state index in [9.17, 15) is 4.39 Å². The molecule has 6 heteroatoms. The molecule has 2 heterocycles. The van der Waals surface area contributed by atoms with Gasteiger partial charge in [-0.15, -0.1) is 11.3 Å². The van der Waals surface area contributed by atoms with Crippen LogP contribution in [0.4, 0.5) is 10.1 Å². The summed E-state index contributed by atoms with van der Waals surface area (Å²) in [4.78, 5) is 6.80. The highest BCUT2D eigenvalue weighted by Gasteiger charge is 2.04. The van der Waals surface area contributed by atoms with Crippen LogP contribution in [0.3, 0.4) is 0 Å². The second-order valence-corrected chi connectivity index (χ2v) is 8.35. The van der Waals surface area contributed by atoms with Gasteiger partial charge in [-0.3, -0.25) is 4.98 Å². The van der Waals surface area contributed by atoms with Gasteiger partial charge in [0.2, 0.25) is 0 Å². The first kappa shape index (κ1) is 19.8. The van der Waals surface area contributed by atoms with E-state index in [1.165, 1.54) is 17.0 Å². The van der Waals surface area contributed by atoms with E-state index in [0.29, 0.717) is 5.02 Å². The molecule has 0 aliphatic rings. The fourth-order valence-corrected chi connectivity index (χ4v) is 4.31. The molecule has 29 heavy (non-hydrogen) atoms. The van der Waals surface area contributed by atoms with Crippen molar-refractivity contribution in [1.82, 2.24) is 10.3 Å². The average Bonchev–Trinajstić information content (AvgIpc) is 3.20. The summed E-state index contributed by atoms with van der Waals surface area (Å²) in [6.45, 7) is 2.63. The molecule has 0 saturated carbocycles. The van der Waals surface area contributed by atoms with Crippen molar-refractivity contribution in [3.05, 3.63) is 82.6 Å². The number of benzene rings is 2. The topological polar surface area (TPSA) is 37.0 Å². The van der Waals surface area contributed by atoms with Crippen molar-refractivity contribution in [3.8, 4) is 10.4 Å². The lowest BCUT2D eigenvalue weighted by Crippen LogP contribution is -2.17. The van der Waals surface area contributed by atoms with Gasteiger partial charge in [0.05, 0.1) is 5.52 Å². The SMILES string of the molecule is Fc1ccc(-c2ccc(CNCCCNc3ccnc4cc(Cl)ccc34)s2)cc1. The Hall–Kier alpha value is -2.47. The lowest BCUT2D eigenvalue weighted by atomic mass is 10.2. The Morgan fingerprint density at radius 2 is 1.83 bits per heavy atom. The second kappa shape index (κ2) is 9.35. The molecule has 0 bridgehead atoms. The number of hydrogen-bond acceptors (Lipinski definition) is 4. The number of fused-ring (bicyclic) bond motifs is 1. The number of nitrogens with one attached hydrogen (secondary N) is 2. The molecule has 2 N–H and O–H groups in total. The fraction of sp³-hybridized carbons (Fsp3) is 0.174. The molecule has 0 radical (unpaired) electrons. The van der Waals surface area contributed by atoms with E-state index in [2.05, 4.69) is 27.8 Å². The molecule has 0 spiro atoms. The number of aromatic nitrogens is 1. The van der Waals surface area contributed by atoms with E-state index < -0.39 is 0 Å². The van der Waals surface area contributed by atoms with E-state index in [0.717, 1.165) is 53.1 Å². The third-order valence-electron chi connectivity index (χ3n) is 4.64. The molecule has 4 rings (SSSR count). The molecule has 4 aromatic rings. The van der Waals surface area contributed by atoms with Gasteiger partial charge < -0.3 is 10.6 Å². The maximum Gasteiger partial charge on any atom is 0.123 e. The first-order chi connectivity index (χ1) is 14.2. The van der Waals surface area contributed by atoms with Crippen molar-refractivity contribution in [2.75, 3.05) is 18.4 Å². The lowest BCUT2D eigenvalue weighted by Gasteiger charge is -2.10. The van der Waals surface area contributed by atoms with Gasteiger partial charge in [0.25, 0.3) is 0 Å². The minimum Gasteiger partial charge on any atom is -0.384 e. The van der Waals surface area contributed by atoms with Crippen LogP contribution >= 0.6 is 22.9 Å². The molecule has 0 amide bonds. The van der Waals surface area contributed by atoms with Crippen molar-refractivity contribution < 1.29 is 4.39 Å². The van der Waals surface area contributed by atoms with E-state index in [1.54, 1.807) is 17.5 Å². The Kier molecular flexibility index (Phi) is 6.39. The Morgan fingerprint density at radius 1 is 0.966 bits per heavy atom. The summed E-state index contributed by atoms with van der Waals surface area (Å²) in [5.41, 5.74) is 3.03. The Labute approximate surface area is 178 Å². The van der Waals surface area contributed by atoms with Gasteiger partial charge in [-0.05, 0) is 67.1 Å². The van der Waals surface area contributed by atoms with Gasteiger partial charge in [0.15, 0.2) is 0 Å². The van der Waals surface area contributed by atoms with Crippen LogP contribution in [0.15, 0.2) is 66.9 Å². The van der Waals surface area contributed by atoms with Gasteiger partial charge in [-0.2, -0.15) is 0 Å². The highest BCUT2D eigenvalue weighted by atomic mass is 35.5. The van der Waals surface area contributed by atoms with Crippen molar-refractivity contribution in [3.63, 3.8) is 0 Å². The Balaban J connectivity index is 1.22. The first-order valence-electron chi connectivity index (χ1n) is 9.52. The van der Waals surface area contributed by atoms with Gasteiger partial charge in [-0.25, -0.2) is 4.39 Å². The zero-order valence-electron chi connectivity index (χ0n) is 15.8. The largest absolute Gasteiger partial charge is 0.384 e. The fourth-order valence-electron chi connectivity index (χ4n) is 3.17. The normalized spacial score (nSPS) is 11.1. The number of hydrogen-bond donors (Lipinski definition) is 2. The molecule has 0 aliphatic carbocycles. The van der Waals surface area contributed by atoms with Crippen molar-refractivity contribution in [1.29, 1.82) is 0 Å². The van der Waals surface area contributed by atoms with E-state index in [1.807, 2.05) is 36.4 Å². The zero-order valence-corrected chi connectivity index (χ0v) is 17.4. The third-order valence-corrected chi connectivity index (χ3v) is 6.01. The maximum atomic E-state index is 13.1. The zero-order chi connectivity index (χ0) is 20.1. The van der Waals surface area contributed by atoms with Crippen LogP contribution in [-0.2, 0) is 6.54 Å². The summed E-state index contributed by atoms with van der Waals surface area (Å²) >= 11 is 7.78. The molecule has 0 unspecified atom stereocenters. The molecule has 2 aromatic heterocycles. The van der Waals surface area contributed by atoms with Crippen molar-refractivity contribution in [2.24, 2.45) is 0 Å². The van der Waals surface area contributed by atoms with Gasteiger partial charge in [-0.1, -0.05) is 23.7 Å². The van der Waals surface area contributed by atoms with Crippen LogP contribution in [0.25, 0.3) is 21.3 Å². The summed E-state index contributed by atoms with van der Waals surface area (Å²) < 4.78 is 13.1. The van der Waals surface area contributed by atoms with Crippen LogP contribution in [0.5, 0.6) is 0 Å².